The average molecular weight is 796 g/mol. The van der Waals surface area contributed by atoms with E-state index >= 15 is 0 Å². The Kier molecular flexibility index (Phi) is 13.4. The first-order valence-electron chi connectivity index (χ1n) is 21.4. The lowest BCUT2D eigenvalue weighted by atomic mass is 9.85. The zero-order valence-electron chi connectivity index (χ0n) is 34.6. The minimum atomic E-state index is 0.318. The summed E-state index contributed by atoms with van der Waals surface area (Å²) in [4.78, 5) is 0. The normalized spacial score (nSPS) is 11.3. The first-order valence-corrected chi connectivity index (χ1v) is 23.0. The Morgan fingerprint density at radius 2 is 1.03 bits per heavy atom. The monoisotopic (exact) mass is 795 g/mol. The van der Waals surface area contributed by atoms with Crippen molar-refractivity contribution in [2.75, 3.05) is 0 Å². The van der Waals surface area contributed by atoms with Crippen LogP contribution in [0, 0.1) is 47.8 Å². The fourth-order valence-electron chi connectivity index (χ4n) is 8.58. The molecule has 0 aliphatic rings. The summed E-state index contributed by atoms with van der Waals surface area (Å²) in [6, 6.07) is 35.2. The molecule has 0 bridgehead atoms. The number of hydrogen-bond donors (Lipinski definition) is 0. The third kappa shape index (κ3) is 8.91. The van der Waals surface area contributed by atoms with Crippen molar-refractivity contribution in [3.63, 3.8) is 0 Å². The summed E-state index contributed by atoms with van der Waals surface area (Å²) in [5.74, 6) is 0. The van der Waals surface area contributed by atoms with Crippen LogP contribution < -0.4 is 0 Å². The first-order chi connectivity index (χ1) is 28.3. The van der Waals surface area contributed by atoms with Gasteiger partial charge in [0.2, 0.25) is 0 Å². The number of rotatable bonds is 17. The minimum absolute atomic E-state index is 0.318. The number of unbranched alkanes of at least 4 members (excludes halogenated alkanes) is 10. The molecule has 2 aromatic heterocycles. The van der Waals surface area contributed by atoms with Crippen LogP contribution in [-0.2, 0) is 12.8 Å². The molecule has 2 heterocycles. The molecule has 0 spiro atoms. The van der Waals surface area contributed by atoms with E-state index < -0.39 is 0 Å². The molecule has 292 valence electrons. The second-order valence-corrected chi connectivity index (χ2v) is 18.2. The largest absolute Gasteiger partial charge is 0.192 e. The molecule has 0 fully saturated rings. The zero-order valence-corrected chi connectivity index (χ0v) is 36.2. The van der Waals surface area contributed by atoms with Gasteiger partial charge in [0.1, 0.15) is 0 Å². The van der Waals surface area contributed by atoms with Gasteiger partial charge in [-0.3, -0.25) is 0 Å². The molecule has 0 saturated carbocycles. The quantitative estimate of drug-likeness (QED) is 0.0862. The molecule has 7 aromatic rings. The summed E-state index contributed by atoms with van der Waals surface area (Å²) in [6.07, 6.45) is 17.1. The topological polar surface area (TPSA) is 71.4 Å². The SMILES string of the molecule is CCCCCCCCc1cc(-c2cc(-c3ccc4c(c3)sc3c5ccc(C)cc5sc43)cc(-c3c(C#N)cc(C#N)cc3C#N)c2)c(CCCCCCCC)cc1C. The van der Waals surface area contributed by atoms with Gasteiger partial charge in [-0.1, -0.05) is 114 Å². The van der Waals surface area contributed by atoms with E-state index in [1.165, 1.54) is 128 Å². The predicted molar refractivity (Wildman–Crippen MR) is 249 cm³/mol. The van der Waals surface area contributed by atoms with E-state index in [1.807, 2.05) is 22.7 Å². The van der Waals surface area contributed by atoms with Gasteiger partial charge in [0, 0.05) is 25.7 Å². The van der Waals surface area contributed by atoms with Crippen molar-refractivity contribution in [1.29, 1.82) is 15.8 Å². The highest BCUT2D eigenvalue weighted by molar-refractivity contribution is 7.36. The van der Waals surface area contributed by atoms with Crippen molar-refractivity contribution in [1.82, 2.24) is 0 Å². The zero-order chi connectivity index (χ0) is 40.6. The molecule has 0 amide bonds. The van der Waals surface area contributed by atoms with E-state index in [9.17, 15) is 15.8 Å². The molecule has 58 heavy (non-hydrogen) atoms. The van der Waals surface area contributed by atoms with Crippen molar-refractivity contribution in [2.45, 2.75) is 118 Å². The summed E-state index contributed by atoms with van der Waals surface area (Å²) >= 11 is 3.74. The second kappa shape index (κ2) is 19.0. The number of hydrogen-bond acceptors (Lipinski definition) is 5. The number of nitrogens with zero attached hydrogens (tertiary/aromatic N) is 3. The van der Waals surface area contributed by atoms with E-state index in [1.54, 1.807) is 12.1 Å². The Morgan fingerprint density at radius 1 is 0.483 bits per heavy atom. The highest BCUT2D eigenvalue weighted by Gasteiger charge is 2.19. The van der Waals surface area contributed by atoms with E-state index in [2.05, 4.69) is 113 Å². The lowest BCUT2D eigenvalue weighted by Gasteiger charge is -2.18. The van der Waals surface area contributed by atoms with Crippen molar-refractivity contribution in [3.8, 4) is 51.6 Å². The predicted octanol–water partition coefficient (Wildman–Crippen LogP) is 16.3. The Labute approximate surface area is 353 Å². The summed E-state index contributed by atoms with van der Waals surface area (Å²) in [5, 5.41) is 33.2. The lowest BCUT2D eigenvalue weighted by molar-refractivity contribution is 0.605. The number of nitriles is 3. The smallest absolute Gasteiger partial charge is 0.0999 e. The molecule has 0 radical (unpaired) electrons. The molecule has 0 N–H and O–H groups in total. The number of thiophene rings is 2. The third-order valence-electron chi connectivity index (χ3n) is 11.8. The summed E-state index contributed by atoms with van der Waals surface area (Å²) in [5.41, 5.74) is 12.3. The Balaban J connectivity index is 1.38. The molecule has 0 aliphatic carbocycles. The van der Waals surface area contributed by atoms with Gasteiger partial charge in [0.05, 0.1) is 44.3 Å². The summed E-state index contributed by atoms with van der Waals surface area (Å²) < 4.78 is 5.27. The number of fused-ring (bicyclic) bond motifs is 5. The molecular formula is C53H53N3S2. The molecule has 5 heteroatoms. The summed E-state index contributed by atoms with van der Waals surface area (Å²) in [6.45, 7) is 8.97. The fraction of sp³-hybridized carbons (Fsp3) is 0.340. The molecule has 0 atom stereocenters. The van der Waals surface area contributed by atoms with Crippen LogP contribution in [0.3, 0.4) is 0 Å². The average Bonchev–Trinajstić information content (AvgIpc) is 3.78. The van der Waals surface area contributed by atoms with Gasteiger partial charge in [0.25, 0.3) is 0 Å². The number of benzene rings is 5. The van der Waals surface area contributed by atoms with Gasteiger partial charge in [0.15, 0.2) is 0 Å². The first kappa shape index (κ1) is 40.9. The molecule has 0 saturated heterocycles. The summed E-state index contributed by atoms with van der Waals surface area (Å²) in [7, 11) is 0. The van der Waals surface area contributed by atoms with Crippen LogP contribution in [0.1, 0.15) is 130 Å². The van der Waals surface area contributed by atoms with Crippen molar-refractivity contribution >= 4 is 52.2 Å². The molecule has 7 rings (SSSR count). The van der Waals surface area contributed by atoms with E-state index in [-0.39, 0.29) is 0 Å². The van der Waals surface area contributed by atoms with Gasteiger partial charge in [-0.15, -0.1) is 22.7 Å². The van der Waals surface area contributed by atoms with Crippen LogP contribution in [-0.4, -0.2) is 0 Å². The maximum absolute atomic E-state index is 10.4. The van der Waals surface area contributed by atoms with E-state index in [0.717, 1.165) is 41.5 Å². The van der Waals surface area contributed by atoms with Crippen molar-refractivity contribution < 1.29 is 0 Å². The van der Waals surface area contributed by atoms with Crippen LogP contribution in [0.5, 0.6) is 0 Å². The van der Waals surface area contributed by atoms with Crippen LogP contribution in [0.15, 0.2) is 78.9 Å². The fourth-order valence-corrected chi connectivity index (χ4v) is 11.4. The van der Waals surface area contributed by atoms with Gasteiger partial charge < -0.3 is 0 Å². The standard InChI is InChI=1S/C53H53N3S2/c1-5-7-9-11-13-15-17-38-30-48(40(24-36(38)4)18-16-14-12-10-8-6-2)42-27-41(28-43(29-42)51-44(33-55)25-37(32-54)26-45(51)34-56)39-20-22-47-50(31-39)58-52-46-21-19-35(3)23-49(46)57-53(47)52/h19-31H,5-18H2,1-4H3. The Hall–Kier alpha value is -5.25. The molecular weight excluding hydrogens is 743 g/mol. The van der Waals surface area contributed by atoms with Gasteiger partial charge in [-0.2, -0.15) is 15.8 Å². The van der Waals surface area contributed by atoms with Crippen molar-refractivity contribution in [3.05, 3.63) is 118 Å². The van der Waals surface area contributed by atoms with Crippen LogP contribution in [0.2, 0.25) is 0 Å². The molecule has 0 aliphatic heterocycles. The van der Waals surface area contributed by atoms with Crippen molar-refractivity contribution in [2.24, 2.45) is 0 Å². The number of aryl methyl sites for hydroxylation is 4. The minimum Gasteiger partial charge on any atom is -0.192 e. The third-order valence-corrected chi connectivity index (χ3v) is 14.3. The maximum atomic E-state index is 10.4. The molecule has 3 nitrogen and oxygen atoms in total. The maximum Gasteiger partial charge on any atom is 0.0999 e. The van der Waals surface area contributed by atoms with Gasteiger partial charge in [-0.25, -0.2) is 0 Å². The highest BCUT2D eigenvalue weighted by Crippen LogP contribution is 2.46. The van der Waals surface area contributed by atoms with Gasteiger partial charge >= 0.3 is 0 Å². The highest BCUT2D eigenvalue weighted by atomic mass is 32.1. The Morgan fingerprint density at radius 3 is 1.66 bits per heavy atom. The Bertz CT molecular complexity index is 2690. The van der Waals surface area contributed by atoms with E-state index in [0.29, 0.717) is 22.3 Å². The van der Waals surface area contributed by atoms with Crippen LogP contribution in [0.25, 0.3) is 63.0 Å². The van der Waals surface area contributed by atoms with Gasteiger partial charge in [-0.05, 0) is 132 Å². The van der Waals surface area contributed by atoms with Crippen LogP contribution >= 0.6 is 22.7 Å². The second-order valence-electron chi connectivity index (χ2n) is 16.1. The lowest BCUT2D eigenvalue weighted by Crippen LogP contribution is -1.99. The molecule has 5 aromatic carbocycles. The van der Waals surface area contributed by atoms with E-state index in [4.69, 9.17) is 0 Å². The van der Waals surface area contributed by atoms with Crippen LogP contribution in [0.4, 0.5) is 0 Å². The molecule has 0 unspecified atom stereocenters.